The van der Waals surface area contributed by atoms with Crippen molar-refractivity contribution < 1.29 is 8.42 Å². The van der Waals surface area contributed by atoms with Crippen LogP contribution < -0.4 is 5.73 Å². The summed E-state index contributed by atoms with van der Waals surface area (Å²) in [5.74, 6) is 0.778. The van der Waals surface area contributed by atoms with Gasteiger partial charge in [-0.05, 0) is 42.4 Å². The summed E-state index contributed by atoms with van der Waals surface area (Å²) >= 11 is 1.63. The van der Waals surface area contributed by atoms with Gasteiger partial charge in [0.15, 0.2) is 0 Å². The topological polar surface area (TPSA) is 63.4 Å². The molecule has 2 N–H and O–H groups in total. The summed E-state index contributed by atoms with van der Waals surface area (Å²) in [6, 6.07) is 3.64. The SMILES string of the molecule is CCc1cc(N)c(CC)c(S(=O)(=O)N(C)CCSC)c1. The third-order valence-electron chi connectivity index (χ3n) is 3.36. The van der Waals surface area contributed by atoms with E-state index in [9.17, 15) is 8.42 Å². The fourth-order valence-corrected chi connectivity index (χ4v) is 4.16. The number of sulfonamides is 1. The highest BCUT2D eigenvalue weighted by Gasteiger charge is 2.24. The van der Waals surface area contributed by atoms with Crippen molar-refractivity contribution >= 4 is 27.5 Å². The molecule has 4 nitrogen and oxygen atoms in total. The number of hydrogen-bond acceptors (Lipinski definition) is 4. The highest BCUT2D eigenvalue weighted by Crippen LogP contribution is 2.27. The minimum atomic E-state index is -3.47. The zero-order valence-corrected chi connectivity index (χ0v) is 14.3. The van der Waals surface area contributed by atoms with Gasteiger partial charge in [0.2, 0.25) is 10.0 Å². The Bertz CT molecular complexity index is 557. The molecular formula is C14H24N2O2S2. The third-order valence-corrected chi connectivity index (χ3v) is 5.88. The monoisotopic (exact) mass is 316 g/mol. The molecule has 0 heterocycles. The van der Waals surface area contributed by atoms with Crippen LogP contribution >= 0.6 is 11.8 Å². The summed E-state index contributed by atoms with van der Waals surface area (Å²) in [4.78, 5) is 0.362. The molecule has 0 bridgehead atoms. The molecule has 0 amide bonds. The van der Waals surface area contributed by atoms with E-state index in [4.69, 9.17) is 5.73 Å². The van der Waals surface area contributed by atoms with Gasteiger partial charge in [0.1, 0.15) is 0 Å². The van der Waals surface area contributed by atoms with Crippen LogP contribution in [0.2, 0.25) is 0 Å². The molecule has 0 radical (unpaired) electrons. The predicted octanol–water partition coefficient (Wildman–Crippen LogP) is 2.38. The molecule has 0 saturated heterocycles. The summed E-state index contributed by atoms with van der Waals surface area (Å²) in [5, 5.41) is 0. The zero-order valence-electron chi connectivity index (χ0n) is 12.6. The van der Waals surface area contributed by atoms with Gasteiger partial charge in [0, 0.05) is 25.0 Å². The normalized spacial score (nSPS) is 12.1. The molecule has 20 heavy (non-hydrogen) atoms. The average molecular weight is 316 g/mol. The second kappa shape index (κ2) is 7.33. The predicted molar refractivity (Wildman–Crippen MR) is 87.8 cm³/mol. The maximum absolute atomic E-state index is 12.7. The fraction of sp³-hybridized carbons (Fsp3) is 0.571. The molecule has 0 fully saturated rings. The van der Waals surface area contributed by atoms with Gasteiger partial charge in [-0.1, -0.05) is 13.8 Å². The Morgan fingerprint density at radius 1 is 1.25 bits per heavy atom. The smallest absolute Gasteiger partial charge is 0.243 e. The van der Waals surface area contributed by atoms with Crippen LogP contribution in [0.5, 0.6) is 0 Å². The van der Waals surface area contributed by atoms with Gasteiger partial charge < -0.3 is 5.73 Å². The van der Waals surface area contributed by atoms with Crippen molar-refractivity contribution in [2.45, 2.75) is 31.6 Å². The van der Waals surface area contributed by atoms with E-state index in [1.54, 1.807) is 24.9 Å². The summed E-state index contributed by atoms with van der Waals surface area (Å²) in [6.45, 7) is 4.43. The Kier molecular flexibility index (Phi) is 6.36. The lowest BCUT2D eigenvalue weighted by atomic mass is 10.1. The number of hydrogen-bond donors (Lipinski definition) is 1. The van der Waals surface area contributed by atoms with E-state index >= 15 is 0 Å². The summed E-state index contributed by atoms with van der Waals surface area (Å²) in [6.07, 6.45) is 3.35. The number of nitrogen functional groups attached to an aromatic ring is 1. The van der Waals surface area contributed by atoms with Crippen LogP contribution in [0.3, 0.4) is 0 Å². The minimum absolute atomic E-state index is 0.362. The van der Waals surface area contributed by atoms with Gasteiger partial charge in [0.05, 0.1) is 4.90 Å². The zero-order chi connectivity index (χ0) is 15.3. The number of aryl methyl sites for hydroxylation is 1. The molecule has 6 heteroatoms. The summed E-state index contributed by atoms with van der Waals surface area (Å²) < 4.78 is 26.8. The molecule has 114 valence electrons. The molecule has 0 aliphatic rings. The van der Waals surface area contributed by atoms with E-state index in [1.165, 1.54) is 4.31 Å². The number of thioether (sulfide) groups is 1. The van der Waals surface area contributed by atoms with Gasteiger partial charge in [-0.25, -0.2) is 12.7 Å². The molecule has 0 aliphatic heterocycles. The molecule has 0 unspecified atom stereocenters. The van der Waals surface area contributed by atoms with Gasteiger partial charge in [-0.2, -0.15) is 11.8 Å². The Morgan fingerprint density at radius 2 is 1.90 bits per heavy atom. The number of rotatable bonds is 7. The Balaban J connectivity index is 3.32. The van der Waals surface area contributed by atoms with Crippen molar-refractivity contribution in [3.8, 4) is 0 Å². The number of nitrogens with two attached hydrogens (primary N) is 1. The van der Waals surface area contributed by atoms with Crippen molar-refractivity contribution in [3.05, 3.63) is 23.3 Å². The molecule has 1 rings (SSSR count). The minimum Gasteiger partial charge on any atom is -0.398 e. The van der Waals surface area contributed by atoms with E-state index in [0.717, 1.165) is 23.3 Å². The number of anilines is 1. The molecule has 0 aromatic heterocycles. The van der Waals surface area contributed by atoms with Crippen LogP contribution in [-0.2, 0) is 22.9 Å². The fourth-order valence-electron chi connectivity index (χ4n) is 2.05. The second-order valence-electron chi connectivity index (χ2n) is 4.69. The molecule has 0 saturated carbocycles. The van der Waals surface area contributed by atoms with Crippen LogP contribution in [0.4, 0.5) is 5.69 Å². The highest BCUT2D eigenvalue weighted by atomic mass is 32.2. The largest absolute Gasteiger partial charge is 0.398 e. The van der Waals surface area contributed by atoms with E-state index in [-0.39, 0.29) is 0 Å². The van der Waals surface area contributed by atoms with E-state index in [1.807, 2.05) is 26.2 Å². The van der Waals surface area contributed by atoms with Crippen molar-refractivity contribution in [1.82, 2.24) is 4.31 Å². The second-order valence-corrected chi connectivity index (χ2v) is 7.69. The van der Waals surface area contributed by atoms with Crippen LogP contribution in [0.15, 0.2) is 17.0 Å². The van der Waals surface area contributed by atoms with E-state index in [2.05, 4.69) is 0 Å². The van der Waals surface area contributed by atoms with Crippen molar-refractivity contribution in [3.63, 3.8) is 0 Å². The molecular weight excluding hydrogens is 292 g/mol. The van der Waals surface area contributed by atoms with Crippen molar-refractivity contribution in [1.29, 1.82) is 0 Å². The van der Waals surface area contributed by atoms with Gasteiger partial charge in [-0.15, -0.1) is 0 Å². The van der Waals surface area contributed by atoms with Crippen LogP contribution in [0.1, 0.15) is 25.0 Å². The Morgan fingerprint density at radius 3 is 2.40 bits per heavy atom. The van der Waals surface area contributed by atoms with E-state index in [0.29, 0.717) is 23.5 Å². The summed E-state index contributed by atoms with van der Waals surface area (Å²) in [5.41, 5.74) is 8.27. The van der Waals surface area contributed by atoms with Crippen LogP contribution in [0.25, 0.3) is 0 Å². The standard InChI is InChI=1S/C14H24N2O2S2/c1-5-11-9-13(15)12(6-2)14(10-11)20(17,18)16(3)7-8-19-4/h9-10H,5-8,15H2,1-4H3. The Labute approximate surface area is 126 Å². The van der Waals surface area contributed by atoms with Crippen molar-refractivity contribution in [2.24, 2.45) is 0 Å². The van der Waals surface area contributed by atoms with Crippen LogP contribution in [0, 0.1) is 0 Å². The molecule has 0 atom stereocenters. The number of nitrogens with zero attached hydrogens (tertiary/aromatic N) is 1. The lowest BCUT2D eigenvalue weighted by Crippen LogP contribution is -2.30. The van der Waals surface area contributed by atoms with E-state index < -0.39 is 10.0 Å². The maximum atomic E-state index is 12.7. The lowest BCUT2D eigenvalue weighted by molar-refractivity contribution is 0.487. The molecule has 0 spiro atoms. The van der Waals surface area contributed by atoms with Gasteiger partial charge >= 0.3 is 0 Å². The quantitative estimate of drug-likeness (QED) is 0.785. The molecule has 1 aromatic carbocycles. The van der Waals surface area contributed by atoms with Gasteiger partial charge in [-0.3, -0.25) is 0 Å². The highest BCUT2D eigenvalue weighted by molar-refractivity contribution is 7.98. The summed E-state index contributed by atoms with van der Waals surface area (Å²) in [7, 11) is -1.84. The third kappa shape index (κ3) is 3.68. The maximum Gasteiger partial charge on any atom is 0.243 e. The van der Waals surface area contributed by atoms with Gasteiger partial charge in [0.25, 0.3) is 0 Å². The first kappa shape index (κ1) is 17.3. The average Bonchev–Trinajstić information content (AvgIpc) is 2.43. The Hall–Kier alpha value is -0.720. The molecule has 0 aliphatic carbocycles. The first-order chi connectivity index (χ1) is 9.38. The van der Waals surface area contributed by atoms with Crippen LogP contribution in [-0.4, -0.2) is 38.3 Å². The van der Waals surface area contributed by atoms with Crippen molar-refractivity contribution in [2.75, 3.05) is 31.3 Å². The lowest BCUT2D eigenvalue weighted by Gasteiger charge is -2.20. The number of benzene rings is 1. The molecule has 1 aromatic rings. The first-order valence-electron chi connectivity index (χ1n) is 6.75. The first-order valence-corrected chi connectivity index (χ1v) is 9.58.